The summed E-state index contributed by atoms with van der Waals surface area (Å²) < 4.78 is 5.17. The van der Waals surface area contributed by atoms with Crippen molar-refractivity contribution in [3.8, 4) is 16.9 Å². The zero-order valence-electron chi connectivity index (χ0n) is 14.4. The summed E-state index contributed by atoms with van der Waals surface area (Å²) in [5, 5.41) is 2.82. The quantitative estimate of drug-likeness (QED) is 0.527. The first-order valence-corrected chi connectivity index (χ1v) is 8.43. The number of hydrogen-bond acceptors (Lipinski definition) is 3. The zero-order valence-corrected chi connectivity index (χ0v) is 14.4. The van der Waals surface area contributed by atoms with Crippen LogP contribution in [0.3, 0.4) is 0 Å². The smallest absolute Gasteiger partial charge is 0.310 e. The molecule has 0 aliphatic carbocycles. The van der Waals surface area contributed by atoms with E-state index in [1.54, 1.807) is 43.3 Å². The van der Waals surface area contributed by atoms with Crippen molar-refractivity contribution in [2.45, 2.75) is 13.3 Å². The number of hydrogen-bond donors (Lipinski definition) is 1. The van der Waals surface area contributed by atoms with E-state index in [0.717, 1.165) is 11.1 Å². The lowest BCUT2D eigenvalue weighted by Crippen LogP contribution is -2.12. The monoisotopic (exact) mass is 345 g/mol. The Hall–Kier alpha value is -3.40. The van der Waals surface area contributed by atoms with Crippen molar-refractivity contribution in [3.05, 3.63) is 84.4 Å². The van der Waals surface area contributed by atoms with E-state index in [-0.39, 0.29) is 11.9 Å². The molecular formula is C22H19NO3. The maximum atomic E-state index is 12.4. The van der Waals surface area contributed by atoms with Crippen LogP contribution < -0.4 is 10.1 Å². The molecule has 1 amide bonds. The molecule has 4 heteroatoms. The molecule has 0 heterocycles. The van der Waals surface area contributed by atoms with E-state index < -0.39 is 0 Å². The van der Waals surface area contributed by atoms with Crippen LogP contribution in [-0.2, 0) is 4.79 Å². The molecule has 0 spiro atoms. The fourth-order valence-electron chi connectivity index (χ4n) is 2.49. The Labute approximate surface area is 152 Å². The SMILES string of the molecule is CCC(=O)Oc1cccc(NC(=O)c2ccc(-c3ccccc3)cc2)c1. The van der Waals surface area contributed by atoms with Gasteiger partial charge in [0.05, 0.1) is 0 Å². The standard InChI is InChI=1S/C22H19NO3/c1-2-21(24)26-20-10-6-9-19(15-20)23-22(25)18-13-11-17(12-14-18)16-7-4-3-5-8-16/h3-15H,2H2,1H3,(H,23,25). The average Bonchev–Trinajstić information content (AvgIpc) is 2.69. The molecule has 0 aliphatic rings. The fraction of sp³-hybridized carbons (Fsp3) is 0.0909. The number of benzene rings is 3. The van der Waals surface area contributed by atoms with Crippen LogP contribution in [0.2, 0.25) is 0 Å². The minimum absolute atomic E-state index is 0.219. The molecule has 0 fully saturated rings. The predicted molar refractivity (Wildman–Crippen MR) is 102 cm³/mol. The molecule has 3 aromatic carbocycles. The van der Waals surface area contributed by atoms with Crippen LogP contribution in [0.25, 0.3) is 11.1 Å². The maximum absolute atomic E-state index is 12.4. The number of nitrogens with one attached hydrogen (secondary N) is 1. The van der Waals surface area contributed by atoms with Crippen LogP contribution in [0.15, 0.2) is 78.9 Å². The predicted octanol–water partition coefficient (Wildman–Crippen LogP) is 4.92. The first-order chi connectivity index (χ1) is 12.7. The molecule has 0 saturated carbocycles. The number of carbonyl (C=O) groups excluding carboxylic acids is 2. The highest BCUT2D eigenvalue weighted by molar-refractivity contribution is 6.04. The van der Waals surface area contributed by atoms with Crippen LogP contribution in [0.1, 0.15) is 23.7 Å². The van der Waals surface area contributed by atoms with Crippen LogP contribution in [0, 0.1) is 0 Å². The van der Waals surface area contributed by atoms with Crippen LogP contribution in [0.5, 0.6) is 5.75 Å². The van der Waals surface area contributed by atoms with Crippen LogP contribution in [-0.4, -0.2) is 11.9 Å². The van der Waals surface area contributed by atoms with Crippen molar-refractivity contribution in [2.24, 2.45) is 0 Å². The molecule has 0 bridgehead atoms. The van der Waals surface area contributed by atoms with Gasteiger partial charge in [-0.15, -0.1) is 0 Å². The normalized spacial score (nSPS) is 10.2. The summed E-state index contributed by atoms with van der Waals surface area (Å²) >= 11 is 0. The number of carbonyl (C=O) groups is 2. The lowest BCUT2D eigenvalue weighted by Gasteiger charge is -2.08. The van der Waals surface area contributed by atoms with Crippen molar-refractivity contribution in [1.82, 2.24) is 0 Å². The Morgan fingerprint density at radius 1 is 0.846 bits per heavy atom. The molecule has 130 valence electrons. The first kappa shape index (κ1) is 17.4. The molecule has 0 aromatic heterocycles. The summed E-state index contributed by atoms with van der Waals surface area (Å²) in [4.78, 5) is 23.8. The molecule has 0 atom stereocenters. The second-order valence-corrected chi connectivity index (χ2v) is 5.75. The highest BCUT2D eigenvalue weighted by Crippen LogP contribution is 2.21. The van der Waals surface area contributed by atoms with Crippen LogP contribution >= 0.6 is 0 Å². The van der Waals surface area contributed by atoms with Gasteiger partial charge in [0.2, 0.25) is 0 Å². The van der Waals surface area contributed by atoms with Crippen molar-refractivity contribution < 1.29 is 14.3 Å². The van der Waals surface area contributed by atoms with E-state index in [9.17, 15) is 9.59 Å². The van der Waals surface area contributed by atoms with E-state index >= 15 is 0 Å². The largest absolute Gasteiger partial charge is 0.426 e. The second kappa shape index (κ2) is 8.12. The van der Waals surface area contributed by atoms with E-state index in [0.29, 0.717) is 23.4 Å². The summed E-state index contributed by atoms with van der Waals surface area (Å²) in [6.45, 7) is 1.73. The third-order valence-electron chi connectivity index (χ3n) is 3.87. The maximum Gasteiger partial charge on any atom is 0.310 e. The molecular weight excluding hydrogens is 326 g/mol. The van der Waals surface area contributed by atoms with Gasteiger partial charge in [0.15, 0.2) is 0 Å². The van der Waals surface area contributed by atoms with Gasteiger partial charge in [-0.25, -0.2) is 0 Å². The Balaban J connectivity index is 1.70. The van der Waals surface area contributed by atoms with Gasteiger partial charge in [-0.3, -0.25) is 9.59 Å². The van der Waals surface area contributed by atoms with E-state index in [2.05, 4.69) is 5.32 Å². The third-order valence-corrected chi connectivity index (χ3v) is 3.87. The number of amides is 1. The number of ether oxygens (including phenoxy) is 1. The third kappa shape index (κ3) is 4.36. The lowest BCUT2D eigenvalue weighted by atomic mass is 10.0. The minimum Gasteiger partial charge on any atom is -0.426 e. The van der Waals surface area contributed by atoms with Gasteiger partial charge in [-0.05, 0) is 35.4 Å². The van der Waals surface area contributed by atoms with Gasteiger partial charge in [0, 0.05) is 23.7 Å². The average molecular weight is 345 g/mol. The molecule has 26 heavy (non-hydrogen) atoms. The van der Waals surface area contributed by atoms with Gasteiger partial charge < -0.3 is 10.1 Å². The molecule has 0 unspecified atom stereocenters. The lowest BCUT2D eigenvalue weighted by molar-refractivity contribution is -0.134. The highest BCUT2D eigenvalue weighted by Gasteiger charge is 2.08. The zero-order chi connectivity index (χ0) is 18.4. The molecule has 4 nitrogen and oxygen atoms in total. The first-order valence-electron chi connectivity index (χ1n) is 8.43. The Morgan fingerprint density at radius 3 is 2.23 bits per heavy atom. The molecule has 3 rings (SSSR count). The number of rotatable bonds is 5. The fourth-order valence-corrected chi connectivity index (χ4v) is 2.49. The van der Waals surface area contributed by atoms with Gasteiger partial charge in [-0.2, -0.15) is 0 Å². The molecule has 3 aromatic rings. The highest BCUT2D eigenvalue weighted by atomic mass is 16.5. The van der Waals surface area contributed by atoms with Crippen molar-refractivity contribution in [3.63, 3.8) is 0 Å². The van der Waals surface area contributed by atoms with Gasteiger partial charge >= 0.3 is 5.97 Å². The van der Waals surface area contributed by atoms with Crippen molar-refractivity contribution in [2.75, 3.05) is 5.32 Å². The Kier molecular flexibility index (Phi) is 5.44. The summed E-state index contributed by atoms with van der Waals surface area (Å²) in [5.41, 5.74) is 3.28. The summed E-state index contributed by atoms with van der Waals surface area (Å²) in [7, 11) is 0. The summed E-state index contributed by atoms with van der Waals surface area (Å²) in [5.74, 6) is -0.123. The number of esters is 1. The Morgan fingerprint density at radius 2 is 1.54 bits per heavy atom. The summed E-state index contributed by atoms with van der Waals surface area (Å²) in [6, 6.07) is 24.2. The summed E-state index contributed by atoms with van der Waals surface area (Å²) in [6.07, 6.45) is 0.296. The molecule has 1 N–H and O–H groups in total. The molecule has 0 radical (unpaired) electrons. The van der Waals surface area contributed by atoms with Gasteiger partial charge in [0.25, 0.3) is 5.91 Å². The van der Waals surface area contributed by atoms with E-state index in [4.69, 9.17) is 4.74 Å². The molecule has 0 aliphatic heterocycles. The van der Waals surface area contributed by atoms with Gasteiger partial charge in [-0.1, -0.05) is 55.5 Å². The van der Waals surface area contributed by atoms with Gasteiger partial charge in [0.1, 0.15) is 5.75 Å². The van der Waals surface area contributed by atoms with E-state index in [1.165, 1.54) is 0 Å². The topological polar surface area (TPSA) is 55.4 Å². The van der Waals surface area contributed by atoms with E-state index in [1.807, 2.05) is 42.5 Å². The number of anilines is 1. The molecule has 0 saturated heterocycles. The van der Waals surface area contributed by atoms with Crippen molar-refractivity contribution in [1.29, 1.82) is 0 Å². The second-order valence-electron chi connectivity index (χ2n) is 5.75. The Bertz CT molecular complexity index is 902. The van der Waals surface area contributed by atoms with Crippen LogP contribution in [0.4, 0.5) is 5.69 Å². The van der Waals surface area contributed by atoms with Crippen molar-refractivity contribution >= 4 is 17.6 Å². The minimum atomic E-state index is -0.315.